The summed E-state index contributed by atoms with van der Waals surface area (Å²) in [4.78, 5) is 16.4. The fraction of sp³-hybridized carbons (Fsp3) is 0.963. The monoisotopic (exact) mass is 442 g/mol. The maximum Gasteiger partial charge on any atom is 0.325 e. The third kappa shape index (κ3) is 34.2. The molecule has 0 saturated carbocycles. The topological polar surface area (TPSA) is 55.6 Å². The van der Waals surface area contributed by atoms with Crippen molar-refractivity contribution in [1.82, 2.24) is 5.06 Å². The molecule has 0 aromatic carbocycles. The van der Waals surface area contributed by atoms with Gasteiger partial charge in [0.15, 0.2) is 0 Å². The van der Waals surface area contributed by atoms with Gasteiger partial charge in [0.05, 0.1) is 0 Å². The number of carbonyl (C=O) groups is 1. The summed E-state index contributed by atoms with van der Waals surface area (Å²) in [7, 11) is 3.49. The van der Waals surface area contributed by atoms with Gasteiger partial charge in [-0.15, -0.1) is 5.06 Å². The molecule has 0 radical (unpaired) electrons. The SMILES string of the molecule is CCCCCCCCCCCCCCCCCCCCCC(=O)ON(C)C.CCCN. The van der Waals surface area contributed by atoms with Crippen LogP contribution in [0.15, 0.2) is 0 Å². The van der Waals surface area contributed by atoms with Crippen molar-refractivity contribution in [2.45, 2.75) is 149 Å². The maximum absolute atomic E-state index is 11.4. The van der Waals surface area contributed by atoms with Crippen molar-refractivity contribution in [1.29, 1.82) is 0 Å². The van der Waals surface area contributed by atoms with E-state index in [1.54, 1.807) is 14.1 Å². The van der Waals surface area contributed by atoms with Crippen molar-refractivity contribution in [2.75, 3.05) is 20.6 Å². The highest BCUT2D eigenvalue weighted by atomic mass is 16.7. The lowest BCUT2D eigenvalue weighted by Gasteiger charge is -2.09. The van der Waals surface area contributed by atoms with E-state index in [-0.39, 0.29) is 5.97 Å². The molecule has 0 aromatic rings. The zero-order valence-corrected chi connectivity index (χ0v) is 21.9. The highest BCUT2D eigenvalue weighted by Crippen LogP contribution is 2.14. The highest BCUT2D eigenvalue weighted by molar-refractivity contribution is 5.68. The summed E-state index contributed by atoms with van der Waals surface area (Å²) in [5.74, 6) is -0.105. The number of hydroxylamine groups is 2. The molecule has 0 heterocycles. The minimum absolute atomic E-state index is 0.105. The number of rotatable bonds is 22. The number of unbranched alkanes of at least 4 members (excludes halogenated alkanes) is 18. The minimum Gasteiger partial charge on any atom is -0.369 e. The van der Waals surface area contributed by atoms with E-state index < -0.39 is 0 Å². The number of nitrogens with zero attached hydrogens (tertiary/aromatic N) is 1. The molecule has 31 heavy (non-hydrogen) atoms. The maximum atomic E-state index is 11.4. The Balaban J connectivity index is 0. The first kappa shape index (κ1) is 32.6. The number of carbonyl (C=O) groups excluding carboxylic acids is 1. The van der Waals surface area contributed by atoms with Gasteiger partial charge in [-0.2, -0.15) is 0 Å². The van der Waals surface area contributed by atoms with E-state index in [2.05, 4.69) is 13.8 Å². The van der Waals surface area contributed by atoms with Gasteiger partial charge in [-0.25, -0.2) is 0 Å². The third-order valence-electron chi connectivity index (χ3n) is 5.56. The molecule has 0 aromatic heterocycles. The molecule has 0 bridgehead atoms. The Morgan fingerprint density at radius 3 is 1.13 bits per heavy atom. The smallest absolute Gasteiger partial charge is 0.325 e. The Morgan fingerprint density at radius 2 is 0.871 bits per heavy atom. The second-order valence-corrected chi connectivity index (χ2v) is 9.18. The molecular weight excluding hydrogens is 384 g/mol. The molecule has 0 fully saturated rings. The van der Waals surface area contributed by atoms with Crippen LogP contribution in [-0.2, 0) is 9.63 Å². The van der Waals surface area contributed by atoms with Crippen molar-refractivity contribution in [2.24, 2.45) is 5.73 Å². The zero-order valence-electron chi connectivity index (χ0n) is 21.9. The lowest BCUT2D eigenvalue weighted by molar-refractivity contribution is -0.178. The standard InChI is InChI=1S/C24H49NO2.C3H9N/c1-4-5-6-7-8-9-10-11-12-13-14-15-16-17-18-19-20-21-22-23-24(26)27-25(2)3;1-2-3-4/h4-23H2,1-3H3;2-4H2,1H3. The number of hydrogen-bond acceptors (Lipinski definition) is 4. The van der Waals surface area contributed by atoms with E-state index in [0.29, 0.717) is 6.42 Å². The van der Waals surface area contributed by atoms with Crippen LogP contribution in [0.4, 0.5) is 0 Å². The fourth-order valence-corrected chi connectivity index (χ4v) is 3.60. The molecule has 0 unspecified atom stereocenters. The molecule has 0 aliphatic heterocycles. The van der Waals surface area contributed by atoms with Gasteiger partial charge in [0.2, 0.25) is 0 Å². The summed E-state index contributed by atoms with van der Waals surface area (Å²) in [5, 5.41) is 1.47. The Kier molecular flexibility index (Phi) is 30.9. The molecule has 0 aliphatic rings. The summed E-state index contributed by atoms with van der Waals surface area (Å²) in [6.45, 7) is 5.16. The van der Waals surface area contributed by atoms with E-state index in [4.69, 9.17) is 10.6 Å². The molecule has 0 spiro atoms. The number of hydrogen-bond donors (Lipinski definition) is 1. The van der Waals surface area contributed by atoms with Crippen LogP contribution in [0.2, 0.25) is 0 Å². The average Bonchev–Trinajstić information content (AvgIpc) is 2.75. The van der Waals surface area contributed by atoms with E-state index in [1.165, 1.54) is 114 Å². The van der Waals surface area contributed by atoms with E-state index in [9.17, 15) is 4.79 Å². The van der Waals surface area contributed by atoms with Crippen LogP contribution in [0.25, 0.3) is 0 Å². The fourth-order valence-electron chi connectivity index (χ4n) is 3.60. The van der Waals surface area contributed by atoms with Gasteiger partial charge in [0, 0.05) is 20.5 Å². The van der Waals surface area contributed by atoms with E-state index >= 15 is 0 Å². The Morgan fingerprint density at radius 1 is 0.581 bits per heavy atom. The van der Waals surface area contributed by atoms with Gasteiger partial charge in [-0.1, -0.05) is 129 Å². The second kappa shape index (κ2) is 29.4. The van der Waals surface area contributed by atoms with Crippen LogP contribution in [-0.4, -0.2) is 31.7 Å². The van der Waals surface area contributed by atoms with Crippen molar-refractivity contribution in [3.63, 3.8) is 0 Å². The van der Waals surface area contributed by atoms with Gasteiger partial charge >= 0.3 is 5.97 Å². The Hall–Kier alpha value is -0.610. The highest BCUT2D eigenvalue weighted by Gasteiger charge is 2.03. The van der Waals surface area contributed by atoms with Gasteiger partial charge in [0.1, 0.15) is 0 Å². The first-order valence-corrected chi connectivity index (χ1v) is 13.7. The molecule has 0 amide bonds. The summed E-state index contributed by atoms with van der Waals surface area (Å²) < 4.78 is 0. The van der Waals surface area contributed by atoms with Crippen LogP contribution in [0.1, 0.15) is 149 Å². The van der Waals surface area contributed by atoms with Crippen molar-refractivity contribution >= 4 is 5.97 Å². The lowest BCUT2D eigenvalue weighted by Crippen LogP contribution is -2.18. The largest absolute Gasteiger partial charge is 0.369 e. The molecule has 0 saturated heterocycles. The molecule has 4 nitrogen and oxygen atoms in total. The predicted molar refractivity (Wildman–Crippen MR) is 137 cm³/mol. The van der Waals surface area contributed by atoms with Crippen molar-refractivity contribution in [3.05, 3.63) is 0 Å². The summed E-state index contributed by atoms with van der Waals surface area (Å²) in [5.41, 5.74) is 5.03. The van der Waals surface area contributed by atoms with Crippen molar-refractivity contribution in [3.8, 4) is 0 Å². The molecule has 0 atom stereocenters. The lowest BCUT2D eigenvalue weighted by atomic mass is 10.0. The van der Waals surface area contributed by atoms with Crippen LogP contribution >= 0.6 is 0 Å². The predicted octanol–water partition coefficient (Wildman–Crippen LogP) is 8.18. The normalized spacial score (nSPS) is 10.8. The molecule has 0 rings (SSSR count). The van der Waals surface area contributed by atoms with Gasteiger partial charge in [0.25, 0.3) is 0 Å². The second-order valence-electron chi connectivity index (χ2n) is 9.18. The van der Waals surface area contributed by atoms with Crippen LogP contribution in [0, 0.1) is 0 Å². The summed E-state index contributed by atoms with van der Waals surface area (Å²) >= 11 is 0. The molecule has 2 N–H and O–H groups in total. The molecule has 4 heteroatoms. The van der Waals surface area contributed by atoms with E-state index in [1.807, 2.05) is 0 Å². The minimum atomic E-state index is -0.105. The first-order chi connectivity index (χ1) is 15.1. The average molecular weight is 443 g/mol. The van der Waals surface area contributed by atoms with Crippen molar-refractivity contribution < 1.29 is 9.63 Å². The zero-order chi connectivity index (χ0) is 23.4. The molecular formula is C27H58N2O2. The summed E-state index contributed by atoms with van der Waals surface area (Å²) in [6.07, 6.45) is 27.8. The molecule has 188 valence electrons. The number of nitrogens with two attached hydrogens (primary N) is 1. The Labute approximate surface area is 196 Å². The summed E-state index contributed by atoms with van der Waals surface area (Å²) in [6, 6.07) is 0. The Bertz CT molecular complexity index is 333. The van der Waals surface area contributed by atoms with Gasteiger partial charge < -0.3 is 10.6 Å². The third-order valence-corrected chi connectivity index (χ3v) is 5.56. The van der Waals surface area contributed by atoms with Gasteiger partial charge in [-0.3, -0.25) is 4.79 Å². The van der Waals surface area contributed by atoms with E-state index in [0.717, 1.165) is 25.8 Å². The van der Waals surface area contributed by atoms with Gasteiger partial charge in [-0.05, 0) is 19.4 Å². The molecule has 0 aliphatic carbocycles. The van der Waals surface area contributed by atoms with Crippen LogP contribution < -0.4 is 5.73 Å². The van der Waals surface area contributed by atoms with Crippen LogP contribution in [0.5, 0.6) is 0 Å². The van der Waals surface area contributed by atoms with Crippen LogP contribution in [0.3, 0.4) is 0 Å². The quantitative estimate of drug-likeness (QED) is 0.136. The first-order valence-electron chi connectivity index (χ1n) is 13.7.